The van der Waals surface area contributed by atoms with Gasteiger partial charge in [0, 0.05) is 31.8 Å². The Hall–Kier alpha value is -1.60. The number of fused-ring (bicyclic) bond motifs is 1. The number of benzene rings is 1. The maximum atomic E-state index is 12.7. The summed E-state index contributed by atoms with van der Waals surface area (Å²) < 4.78 is 1.17. The molecule has 7 heteroatoms. The van der Waals surface area contributed by atoms with E-state index in [9.17, 15) is 9.59 Å². The minimum atomic E-state index is 0.0959. The quantitative estimate of drug-likeness (QED) is 0.836. The summed E-state index contributed by atoms with van der Waals surface area (Å²) in [6.45, 7) is 2.09. The Kier molecular flexibility index (Phi) is 4.45. The van der Waals surface area contributed by atoms with E-state index in [1.807, 2.05) is 23.1 Å². The van der Waals surface area contributed by atoms with Gasteiger partial charge in [-0.15, -0.1) is 11.3 Å². The normalized spacial score (nSPS) is 21.2. The average molecular weight is 361 g/mol. The fraction of sp³-hybridized carbons (Fsp3) is 0.471. The van der Waals surface area contributed by atoms with E-state index in [0.29, 0.717) is 13.0 Å². The Balaban J connectivity index is 1.45. The molecule has 0 aliphatic carbocycles. The lowest BCUT2D eigenvalue weighted by Crippen LogP contribution is -2.34. The number of carbonyl (C=O) groups excluding carboxylic acids is 2. The van der Waals surface area contributed by atoms with Gasteiger partial charge >= 0.3 is 0 Å². The fourth-order valence-electron chi connectivity index (χ4n) is 3.36. The number of thiazole rings is 1. The zero-order chi connectivity index (χ0) is 16.5. The number of rotatable bonds is 4. The highest BCUT2D eigenvalue weighted by molar-refractivity contribution is 8.13. The summed E-state index contributed by atoms with van der Waals surface area (Å²) in [5.74, 6) is 0.979. The molecule has 0 unspecified atom stereocenters. The second-order valence-corrected chi connectivity index (χ2v) is 8.22. The number of likely N-dealkylation sites (tertiary alicyclic amines) is 1. The smallest absolute Gasteiger partial charge is 0.281 e. The second-order valence-electron chi connectivity index (χ2n) is 6.12. The molecule has 1 aromatic carbocycles. The highest BCUT2D eigenvalue weighted by atomic mass is 32.2. The Labute approximate surface area is 149 Å². The minimum absolute atomic E-state index is 0.0959. The van der Waals surface area contributed by atoms with E-state index in [4.69, 9.17) is 4.98 Å². The topological polar surface area (TPSA) is 53.5 Å². The number of para-hydroxylation sites is 1. The molecule has 3 heterocycles. The number of nitrogens with zero attached hydrogens (tertiary/aromatic N) is 3. The number of hydrogen-bond acceptors (Lipinski definition) is 5. The zero-order valence-corrected chi connectivity index (χ0v) is 14.9. The van der Waals surface area contributed by atoms with Gasteiger partial charge in [-0.05, 0) is 25.0 Å². The molecule has 2 fully saturated rings. The number of aromatic nitrogens is 1. The first-order chi connectivity index (χ1) is 11.7. The van der Waals surface area contributed by atoms with Crippen molar-refractivity contribution in [2.75, 3.05) is 25.4 Å². The molecule has 2 amide bonds. The van der Waals surface area contributed by atoms with Crippen molar-refractivity contribution in [3.05, 3.63) is 29.3 Å². The van der Waals surface area contributed by atoms with Crippen molar-refractivity contribution in [2.24, 2.45) is 0 Å². The van der Waals surface area contributed by atoms with Gasteiger partial charge in [0.1, 0.15) is 5.01 Å². The molecule has 1 aromatic heterocycles. The highest BCUT2D eigenvalue weighted by Crippen LogP contribution is 2.36. The lowest BCUT2D eigenvalue weighted by Gasteiger charge is -2.24. The van der Waals surface area contributed by atoms with Crippen molar-refractivity contribution in [3.8, 4) is 0 Å². The first-order valence-electron chi connectivity index (χ1n) is 8.29. The molecule has 2 aliphatic heterocycles. The summed E-state index contributed by atoms with van der Waals surface area (Å²) in [5.41, 5.74) is 1.01. The van der Waals surface area contributed by atoms with Crippen molar-refractivity contribution in [3.63, 3.8) is 0 Å². The SMILES string of the molecule is O=C1SCCN1CCC(=O)N1CCC[C@@H]1c1nc2ccccc2s1. The van der Waals surface area contributed by atoms with E-state index in [1.165, 1.54) is 16.5 Å². The Morgan fingerprint density at radius 2 is 2.17 bits per heavy atom. The van der Waals surface area contributed by atoms with Crippen LogP contribution in [0.25, 0.3) is 10.2 Å². The van der Waals surface area contributed by atoms with Gasteiger partial charge in [-0.2, -0.15) is 0 Å². The number of carbonyl (C=O) groups is 2. The van der Waals surface area contributed by atoms with Crippen LogP contribution in [-0.2, 0) is 4.79 Å². The van der Waals surface area contributed by atoms with Crippen LogP contribution >= 0.6 is 23.1 Å². The van der Waals surface area contributed by atoms with E-state index < -0.39 is 0 Å². The van der Waals surface area contributed by atoms with Gasteiger partial charge in [0.15, 0.2) is 0 Å². The summed E-state index contributed by atoms with van der Waals surface area (Å²) in [4.78, 5) is 32.8. The predicted molar refractivity (Wildman–Crippen MR) is 97.4 cm³/mol. The van der Waals surface area contributed by atoms with Gasteiger partial charge < -0.3 is 9.80 Å². The van der Waals surface area contributed by atoms with Crippen LogP contribution in [0.15, 0.2) is 24.3 Å². The number of hydrogen-bond donors (Lipinski definition) is 0. The summed E-state index contributed by atoms with van der Waals surface area (Å²) in [6, 6.07) is 8.21. The van der Waals surface area contributed by atoms with Gasteiger partial charge in [0.05, 0.1) is 16.3 Å². The van der Waals surface area contributed by atoms with Crippen LogP contribution in [-0.4, -0.2) is 51.3 Å². The molecule has 2 saturated heterocycles. The van der Waals surface area contributed by atoms with Crippen LogP contribution in [0.1, 0.15) is 30.3 Å². The third-order valence-electron chi connectivity index (χ3n) is 4.61. The van der Waals surface area contributed by atoms with Gasteiger partial charge in [-0.3, -0.25) is 9.59 Å². The lowest BCUT2D eigenvalue weighted by molar-refractivity contribution is -0.132. The lowest BCUT2D eigenvalue weighted by atomic mass is 10.2. The fourth-order valence-corrected chi connectivity index (χ4v) is 5.32. The van der Waals surface area contributed by atoms with Crippen LogP contribution in [0, 0.1) is 0 Å². The molecule has 0 N–H and O–H groups in total. The summed E-state index contributed by atoms with van der Waals surface area (Å²) in [5, 5.41) is 1.14. The van der Waals surface area contributed by atoms with E-state index in [-0.39, 0.29) is 17.2 Å². The second kappa shape index (κ2) is 6.72. The predicted octanol–water partition coefficient (Wildman–Crippen LogP) is 3.52. The Morgan fingerprint density at radius 1 is 1.29 bits per heavy atom. The molecule has 0 bridgehead atoms. The summed E-state index contributed by atoms with van der Waals surface area (Å²) in [7, 11) is 0. The molecule has 0 spiro atoms. The van der Waals surface area contributed by atoms with Crippen molar-refractivity contribution in [1.82, 2.24) is 14.8 Å². The van der Waals surface area contributed by atoms with E-state index in [2.05, 4.69) is 6.07 Å². The minimum Gasteiger partial charge on any atom is -0.333 e. The number of amides is 2. The number of thioether (sulfide) groups is 1. The summed E-state index contributed by atoms with van der Waals surface area (Å²) >= 11 is 3.03. The molecule has 5 nitrogen and oxygen atoms in total. The van der Waals surface area contributed by atoms with Crippen LogP contribution < -0.4 is 0 Å². The largest absolute Gasteiger partial charge is 0.333 e. The van der Waals surface area contributed by atoms with Crippen LogP contribution in [0.5, 0.6) is 0 Å². The van der Waals surface area contributed by atoms with Crippen LogP contribution in [0.2, 0.25) is 0 Å². The summed E-state index contributed by atoms with van der Waals surface area (Å²) in [6.07, 6.45) is 2.41. The molecule has 4 rings (SSSR count). The maximum absolute atomic E-state index is 12.7. The molecule has 0 saturated carbocycles. The van der Waals surface area contributed by atoms with Gasteiger partial charge in [-0.1, -0.05) is 23.9 Å². The van der Waals surface area contributed by atoms with Crippen molar-refractivity contribution in [2.45, 2.75) is 25.3 Å². The van der Waals surface area contributed by atoms with Crippen molar-refractivity contribution >= 4 is 44.5 Å². The molecule has 2 aliphatic rings. The molecule has 126 valence electrons. The third-order valence-corrected chi connectivity index (χ3v) is 6.64. The molecule has 1 atom stereocenters. The zero-order valence-electron chi connectivity index (χ0n) is 13.3. The van der Waals surface area contributed by atoms with E-state index in [0.717, 1.165) is 42.2 Å². The average Bonchev–Trinajstić information content (AvgIpc) is 3.31. The van der Waals surface area contributed by atoms with Crippen molar-refractivity contribution in [1.29, 1.82) is 0 Å². The van der Waals surface area contributed by atoms with Gasteiger partial charge in [-0.25, -0.2) is 4.98 Å². The third kappa shape index (κ3) is 3.02. The molecular weight excluding hydrogens is 342 g/mol. The maximum Gasteiger partial charge on any atom is 0.281 e. The van der Waals surface area contributed by atoms with Gasteiger partial charge in [0.2, 0.25) is 5.91 Å². The highest BCUT2D eigenvalue weighted by Gasteiger charge is 2.32. The van der Waals surface area contributed by atoms with Crippen LogP contribution in [0.4, 0.5) is 4.79 Å². The standard InChI is InChI=1S/C17H19N3O2S2/c21-15(7-9-19-10-11-23-17(19)22)20-8-3-5-13(20)16-18-12-4-1-2-6-14(12)24-16/h1-2,4,6,13H,3,5,7-11H2/t13-/m1/s1. The molecule has 24 heavy (non-hydrogen) atoms. The molecule has 0 radical (unpaired) electrons. The van der Waals surface area contributed by atoms with E-state index in [1.54, 1.807) is 16.2 Å². The van der Waals surface area contributed by atoms with E-state index >= 15 is 0 Å². The molecular formula is C17H19N3O2S2. The van der Waals surface area contributed by atoms with Crippen LogP contribution in [0.3, 0.4) is 0 Å². The first kappa shape index (κ1) is 15.9. The first-order valence-corrected chi connectivity index (χ1v) is 10.1. The van der Waals surface area contributed by atoms with Crippen molar-refractivity contribution < 1.29 is 9.59 Å². The Bertz CT molecular complexity index is 743. The Morgan fingerprint density at radius 3 is 2.96 bits per heavy atom. The van der Waals surface area contributed by atoms with Gasteiger partial charge in [0.25, 0.3) is 5.24 Å². The molecule has 2 aromatic rings. The monoisotopic (exact) mass is 361 g/mol.